The van der Waals surface area contributed by atoms with Gasteiger partial charge in [0.05, 0.1) is 0 Å². The molecule has 124 valence electrons. The standard InChI is InChI=1S/C19H26N2O2/c1-14-6-8-16-4-2-3-5-18(16)21(14)11-10-19(23)20-17-9-7-15(12-17)13-22/h2-5,7,9,14-15,17,22H,6,8,10-13H2,1H3,(H,20,23)/t14-,15+,17-/m1/s1. The molecule has 0 saturated carbocycles. The first kappa shape index (κ1) is 16.1. The minimum atomic E-state index is 0.0747. The Hall–Kier alpha value is -1.81. The predicted molar refractivity (Wildman–Crippen MR) is 92.5 cm³/mol. The molecule has 1 aromatic carbocycles. The molecule has 3 atom stereocenters. The van der Waals surface area contributed by atoms with E-state index in [9.17, 15) is 4.79 Å². The summed E-state index contributed by atoms with van der Waals surface area (Å²) in [6.45, 7) is 3.15. The van der Waals surface area contributed by atoms with E-state index in [-0.39, 0.29) is 24.5 Å². The summed E-state index contributed by atoms with van der Waals surface area (Å²) in [6, 6.07) is 9.06. The number of nitrogens with one attached hydrogen (secondary N) is 1. The molecule has 1 aliphatic carbocycles. The highest BCUT2D eigenvalue weighted by Crippen LogP contribution is 2.30. The van der Waals surface area contributed by atoms with E-state index in [2.05, 4.69) is 41.4 Å². The van der Waals surface area contributed by atoms with Crippen molar-refractivity contribution >= 4 is 11.6 Å². The highest BCUT2D eigenvalue weighted by Gasteiger charge is 2.24. The number of rotatable bonds is 5. The highest BCUT2D eigenvalue weighted by molar-refractivity contribution is 5.77. The molecule has 4 heteroatoms. The van der Waals surface area contributed by atoms with E-state index in [4.69, 9.17) is 5.11 Å². The van der Waals surface area contributed by atoms with Crippen LogP contribution < -0.4 is 10.2 Å². The van der Waals surface area contributed by atoms with E-state index in [0.29, 0.717) is 12.5 Å². The van der Waals surface area contributed by atoms with Crippen molar-refractivity contribution in [2.45, 2.75) is 44.7 Å². The van der Waals surface area contributed by atoms with Crippen molar-refractivity contribution < 1.29 is 9.90 Å². The van der Waals surface area contributed by atoms with Crippen LogP contribution in [0.1, 0.15) is 31.7 Å². The summed E-state index contributed by atoms with van der Waals surface area (Å²) in [5.41, 5.74) is 2.66. The highest BCUT2D eigenvalue weighted by atomic mass is 16.3. The first-order valence-corrected chi connectivity index (χ1v) is 8.60. The Kier molecular flexibility index (Phi) is 5.01. The molecule has 2 N–H and O–H groups in total. The van der Waals surface area contributed by atoms with Crippen molar-refractivity contribution in [1.82, 2.24) is 5.32 Å². The van der Waals surface area contributed by atoms with Crippen LogP contribution in [0.5, 0.6) is 0 Å². The molecule has 23 heavy (non-hydrogen) atoms. The molecule has 0 fully saturated rings. The van der Waals surface area contributed by atoms with Gasteiger partial charge in [0.1, 0.15) is 0 Å². The first-order valence-electron chi connectivity index (χ1n) is 8.60. The maximum Gasteiger partial charge on any atom is 0.222 e. The van der Waals surface area contributed by atoms with Crippen LogP contribution in [0.4, 0.5) is 5.69 Å². The third-order valence-corrected chi connectivity index (χ3v) is 5.00. The van der Waals surface area contributed by atoms with Gasteiger partial charge in [0, 0.05) is 43.3 Å². The minimum Gasteiger partial charge on any atom is -0.396 e. The summed E-state index contributed by atoms with van der Waals surface area (Å²) < 4.78 is 0. The summed E-state index contributed by atoms with van der Waals surface area (Å²) in [7, 11) is 0. The molecular formula is C19H26N2O2. The Balaban J connectivity index is 1.54. The zero-order valence-corrected chi connectivity index (χ0v) is 13.7. The molecular weight excluding hydrogens is 288 g/mol. The second kappa shape index (κ2) is 7.18. The number of carbonyl (C=O) groups is 1. The van der Waals surface area contributed by atoms with E-state index in [1.165, 1.54) is 11.3 Å². The molecule has 0 radical (unpaired) electrons. The van der Waals surface area contributed by atoms with Gasteiger partial charge >= 0.3 is 0 Å². The fraction of sp³-hybridized carbons (Fsp3) is 0.526. The third kappa shape index (κ3) is 3.75. The summed E-state index contributed by atoms with van der Waals surface area (Å²) >= 11 is 0. The summed E-state index contributed by atoms with van der Waals surface area (Å²) in [5.74, 6) is 0.280. The Bertz CT molecular complexity index is 584. The zero-order valence-electron chi connectivity index (χ0n) is 13.7. The summed E-state index contributed by atoms with van der Waals surface area (Å²) in [6.07, 6.45) is 7.57. The van der Waals surface area contributed by atoms with Crippen LogP contribution in [-0.2, 0) is 11.2 Å². The van der Waals surface area contributed by atoms with Crippen molar-refractivity contribution in [1.29, 1.82) is 0 Å². The number of aliphatic hydroxyl groups excluding tert-OH is 1. The Morgan fingerprint density at radius 2 is 2.17 bits per heavy atom. The molecule has 0 saturated heterocycles. The van der Waals surface area contributed by atoms with Gasteiger partial charge < -0.3 is 15.3 Å². The topological polar surface area (TPSA) is 52.6 Å². The van der Waals surface area contributed by atoms with E-state index < -0.39 is 0 Å². The van der Waals surface area contributed by atoms with Crippen LogP contribution in [0.3, 0.4) is 0 Å². The molecule has 0 unspecified atom stereocenters. The lowest BCUT2D eigenvalue weighted by molar-refractivity contribution is -0.121. The predicted octanol–water partition coefficient (Wildman–Crippen LogP) is 2.27. The number of para-hydroxylation sites is 1. The van der Waals surface area contributed by atoms with Crippen LogP contribution in [0.2, 0.25) is 0 Å². The summed E-state index contributed by atoms with van der Waals surface area (Å²) in [5, 5.41) is 12.2. The molecule has 1 heterocycles. The van der Waals surface area contributed by atoms with Crippen molar-refractivity contribution in [3.8, 4) is 0 Å². The number of hydrogen-bond donors (Lipinski definition) is 2. The van der Waals surface area contributed by atoms with Crippen LogP contribution in [0.25, 0.3) is 0 Å². The molecule has 2 aliphatic rings. The van der Waals surface area contributed by atoms with Crippen molar-refractivity contribution in [2.75, 3.05) is 18.1 Å². The maximum atomic E-state index is 12.2. The monoisotopic (exact) mass is 314 g/mol. The van der Waals surface area contributed by atoms with E-state index >= 15 is 0 Å². The number of benzene rings is 1. The fourth-order valence-corrected chi connectivity index (χ4v) is 3.62. The molecule has 1 amide bonds. The Morgan fingerprint density at radius 1 is 1.35 bits per heavy atom. The van der Waals surface area contributed by atoms with Gasteiger partial charge in [0.2, 0.25) is 5.91 Å². The van der Waals surface area contributed by atoms with Crippen molar-refractivity contribution in [3.05, 3.63) is 42.0 Å². The Morgan fingerprint density at radius 3 is 2.96 bits per heavy atom. The van der Waals surface area contributed by atoms with Gasteiger partial charge in [0.15, 0.2) is 0 Å². The molecule has 0 aromatic heterocycles. The van der Waals surface area contributed by atoms with Gasteiger partial charge in [-0.15, -0.1) is 0 Å². The average Bonchev–Trinajstić information content (AvgIpc) is 3.01. The van der Waals surface area contributed by atoms with E-state index in [0.717, 1.165) is 25.8 Å². The molecule has 0 spiro atoms. The van der Waals surface area contributed by atoms with Gasteiger partial charge in [0.25, 0.3) is 0 Å². The Labute approximate surface area is 138 Å². The third-order valence-electron chi connectivity index (χ3n) is 5.00. The van der Waals surface area contributed by atoms with Gasteiger partial charge in [-0.3, -0.25) is 4.79 Å². The summed E-state index contributed by atoms with van der Waals surface area (Å²) in [4.78, 5) is 14.6. The van der Waals surface area contributed by atoms with Gasteiger partial charge in [-0.2, -0.15) is 0 Å². The second-order valence-electron chi connectivity index (χ2n) is 6.70. The SMILES string of the molecule is C[C@@H]1CCc2ccccc2N1CCC(=O)N[C@@H]1C=C[C@H](CO)C1. The number of carbonyl (C=O) groups excluding carboxylic acids is 1. The van der Waals surface area contributed by atoms with Gasteiger partial charge in [-0.1, -0.05) is 30.4 Å². The van der Waals surface area contributed by atoms with Gasteiger partial charge in [-0.25, -0.2) is 0 Å². The quantitative estimate of drug-likeness (QED) is 0.820. The zero-order chi connectivity index (χ0) is 16.2. The lowest BCUT2D eigenvalue weighted by Crippen LogP contribution is -2.41. The van der Waals surface area contributed by atoms with Crippen LogP contribution in [-0.4, -0.2) is 36.2 Å². The minimum absolute atomic E-state index is 0.0747. The fourth-order valence-electron chi connectivity index (χ4n) is 3.62. The average molecular weight is 314 g/mol. The van der Waals surface area contributed by atoms with Crippen LogP contribution in [0.15, 0.2) is 36.4 Å². The van der Waals surface area contributed by atoms with E-state index in [1.807, 2.05) is 12.2 Å². The number of nitrogens with zero attached hydrogens (tertiary/aromatic N) is 1. The van der Waals surface area contributed by atoms with Gasteiger partial charge in [-0.05, 0) is 37.8 Å². The van der Waals surface area contributed by atoms with Crippen molar-refractivity contribution in [2.24, 2.45) is 5.92 Å². The number of amides is 1. The number of anilines is 1. The number of hydrogen-bond acceptors (Lipinski definition) is 3. The normalized spacial score (nSPS) is 26.2. The molecule has 0 bridgehead atoms. The molecule has 1 aliphatic heterocycles. The lowest BCUT2D eigenvalue weighted by Gasteiger charge is -2.37. The number of aliphatic hydroxyl groups is 1. The lowest BCUT2D eigenvalue weighted by atomic mass is 9.96. The molecule has 3 rings (SSSR count). The molecule has 4 nitrogen and oxygen atoms in total. The van der Waals surface area contributed by atoms with Crippen LogP contribution >= 0.6 is 0 Å². The first-order chi connectivity index (χ1) is 11.2. The smallest absolute Gasteiger partial charge is 0.222 e. The maximum absolute atomic E-state index is 12.2. The molecule has 1 aromatic rings. The largest absolute Gasteiger partial charge is 0.396 e. The second-order valence-corrected chi connectivity index (χ2v) is 6.70. The van der Waals surface area contributed by atoms with Crippen molar-refractivity contribution in [3.63, 3.8) is 0 Å². The van der Waals surface area contributed by atoms with E-state index in [1.54, 1.807) is 0 Å². The number of aryl methyl sites for hydroxylation is 1. The number of fused-ring (bicyclic) bond motifs is 1. The van der Waals surface area contributed by atoms with Crippen LogP contribution in [0, 0.1) is 5.92 Å².